The maximum atomic E-state index is 12.8. The van der Waals surface area contributed by atoms with Crippen molar-refractivity contribution in [1.82, 2.24) is 9.78 Å². The highest BCUT2D eigenvalue weighted by molar-refractivity contribution is 8.00. The van der Waals surface area contributed by atoms with Crippen LogP contribution < -0.4 is 4.74 Å². The first-order valence-corrected chi connectivity index (χ1v) is 7.15. The highest BCUT2D eigenvalue weighted by atomic mass is 32.2. The second-order valence-electron chi connectivity index (χ2n) is 4.04. The molecule has 0 aliphatic rings. The van der Waals surface area contributed by atoms with Crippen LogP contribution in [-0.2, 0) is 6.54 Å². The van der Waals surface area contributed by atoms with Gasteiger partial charge in [0.1, 0.15) is 11.5 Å². The molecule has 1 heterocycles. The molecule has 0 saturated carbocycles. The third kappa shape index (κ3) is 3.19. The topological polar surface area (TPSA) is 44.1 Å². The van der Waals surface area contributed by atoms with Gasteiger partial charge in [0, 0.05) is 11.4 Å². The fourth-order valence-electron chi connectivity index (χ4n) is 1.79. The minimum atomic E-state index is -0.286. The number of methoxy groups -OCH3 is 1. The van der Waals surface area contributed by atoms with Crippen LogP contribution in [0.2, 0.25) is 0 Å². The van der Waals surface area contributed by atoms with E-state index < -0.39 is 0 Å². The quantitative estimate of drug-likeness (QED) is 0.607. The summed E-state index contributed by atoms with van der Waals surface area (Å²) < 4.78 is 19.6. The van der Waals surface area contributed by atoms with Crippen molar-refractivity contribution < 1.29 is 13.9 Å². The van der Waals surface area contributed by atoms with E-state index in [0.29, 0.717) is 18.0 Å². The summed E-state index contributed by atoms with van der Waals surface area (Å²) in [4.78, 5) is 13.1. The van der Waals surface area contributed by atoms with E-state index in [1.807, 2.05) is 6.92 Å². The van der Waals surface area contributed by atoms with Gasteiger partial charge in [-0.2, -0.15) is 5.10 Å². The average molecular weight is 294 g/mol. The Kier molecular flexibility index (Phi) is 4.79. The number of benzene rings is 1. The van der Waals surface area contributed by atoms with Crippen molar-refractivity contribution in [3.8, 4) is 5.75 Å². The molecule has 0 aliphatic heterocycles. The first kappa shape index (κ1) is 14.6. The Morgan fingerprint density at radius 1 is 1.40 bits per heavy atom. The molecule has 0 spiro atoms. The number of rotatable bonds is 6. The Labute approximate surface area is 120 Å². The molecule has 20 heavy (non-hydrogen) atoms. The van der Waals surface area contributed by atoms with Gasteiger partial charge in [0.25, 0.3) is 0 Å². The predicted molar refractivity (Wildman–Crippen MR) is 75.9 cm³/mol. The second kappa shape index (κ2) is 6.56. The number of thioether (sulfide) groups is 1. The van der Waals surface area contributed by atoms with E-state index in [1.165, 1.54) is 31.0 Å². The summed E-state index contributed by atoms with van der Waals surface area (Å²) in [7, 11) is 1.51. The monoisotopic (exact) mass is 294 g/mol. The predicted octanol–water partition coefficient (Wildman–Crippen LogP) is 3.03. The first-order valence-electron chi connectivity index (χ1n) is 6.17. The van der Waals surface area contributed by atoms with Crippen molar-refractivity contribution in [3.05, 3.63) is 42.0 Å². The van der Waals surface area contributed by atoms with Gasteiger partial charge in [0.05, 0.1) is 19.1 Å². The molecule has 2 rings (SSSR count). The molecule has 0 unspecified atom stereocenters. The zero-order valence-corrected chi connectivity index (χ0v) is 12.1. The molecule has 6 heteroatoms. The lowest BCUT2D eigenvalue weighted by molar-refractivity contribution is 0.100. The fourth-order valence-corrected chi connectivity index (χ4v) is 2.55. The number of hydrogen-bond acceptors (Lipinski definition) is 4. The largest absolute Gasteiger partial charge is 0.493 e. The summed E-state index contributed by atoms with van der Waals surface area (Å²) in [5, 5.41) is 4.11. The summed E-state index contributed by atoms with van der Waals surface area (Å²) in [5.74, 6) is 0.395. The summed E-state index contributed by atoms with van der Waals surface area (Å²) in [5.41, 5.74) is 0.476. The zero-order valence-electron chi connectivity index (χ0n) is 11.3. The number of aryl methyl sites for hydroxylation is 1. The van der Waals surface area contributed by atoms with Crippen LogP contribution in [0.3, 0.4) is 0 Å². The average Bonchev–Trinajstić information content (AvgIpc) is 2.89. The number of hydrogen-bond donors (Lipinski definition) is 0. The lowest BCUT2D eigenvalue weighted by atomic mass is 10.3. The molecule has 0 aliphatic carbocycles. The van der Waals surface area contributed by atoms with Crippen molar-refractivity contribution >= 4 is 17.5 Å². The minimum absolute atomic E-state index is 0.0597. The van der Waals surface area contributed by atoms with Crippen LogP contribution in [-0.4, -0.2) is 28.4 Å². The number of Topliss-reactive ketones (excluding diaryl/α,β-unsaturated/α-hetero) is 1. The number of ketones is 1. The van der Waals surface area contributed by atoms with Gasteiger partial charge in [-0.05, 0) is 31.2 Å². The third-order valence-corrected chi connectivity index (χ3v) is 3.79. The van der Waals surface area contributed by atoms with E-state index in [0.717, 1.165) is 4.90 Å². The lowest BCUT2D eigenvalue weighted by Crippen LogP contribution is -2.12. The van der Waals surface area contributed by atoms with Gasteiger partial charge in [-0.25, -0.2) is 4.39 Å². The van der Waals surface area contributed by atoms with E-state index in [1.54, 1.807) is 23.0 Å². The zero-order chi connectivity index (χ0) is 14.5. The van der Waals surface area contributed by atoms with Crippen LogP contribution >= 0.6 is 11.8 Å². The van der Waals surface area contributed by atoms with Crippen molar-refractivity contribution in [2.75, 3.05) is 12.9 Å². The SMILES string of the molecule is CCn1ncc(OC)c1C(=O)CSc1ccc(F)cc1. The second-order valence-corrected chi connectivity index (χ2v) is 5.09. The summed E-state index contributed by atoms with van der Waals surface area (Å²) >= 11 is 1.36. The van der Waals surface area contributed by atoms with Gasteiger partial charge >= 0.3 is 0 Å². The molecule has 0 saturated heterocycles. The fraction of sp³-hybridized carbons (Fsp3) is 0.286. The summed E-state index contributed by atoms with van der Waals surface area (Å²) in [6.07, 6.45) is 1.54. The van der Waals surface area contributed by atoms with Crippen LogP contribution in [0.15, 0.2) is 35.4 Å². The molecule has 1 aromatic carbocycles. The third-order valence-electron chi connectivity index (χ3n) is 2.77. The van der Waals surface area contributed by atoms with Crippen LogP contribution in [0.5, 0.6) is 5.75 Å². The molecule has 0 radical (unpaired) electrons. The Balaban J connectivity index is 2.08. The molecule has 106 valence electrons. The molecular weight excluding hydrogens is 279 g/mol. The van der Waals surface area contributed by atoms with Gasteiger partial charge in [-0.15, -0.1) is 11.8 Å². The van der Waals surface area contributed by atoms with Gasteiger partial charge < -0.3 is 4.74 Å². The molecule has 4 nitrogen and oxygen atoms in total. The smallest absolute Gasteiger partial charge is 0.194 e. The van der Waals surface area contributed by atoms with E-state index in [4.69, 9.17) is 4.74 Å². The number of ether oxygens (including phenoxy) is 1. The Morgan fingerprint density at radius 3 is 2.70 bits per heavy atom. The number of carbonyl (C=O) groups is 1. The van der Waals surface area contributed by atoms with E-state index in [2.05, 4.69) is 5.10 Å². The highest BCUT2D eigenvalue weighted by Crippen LogP contribution is 2.23. The van der Waals surface area contributed by atoms with E-state index in [9.17, 15) is 9.18 Å². The van der Waals surface area contributed by atoms with Gasteiger partial charge in [-0.3, -0.25) is 9.48 Å². The van der Waals surface area contributed by atoms with Crippen LogP contribution in [0, 0.1) is 5.82 Å². The molecule has 0 N–H and O–H groups in total. The maximum Gasteiger partial charge on any atom is 0.194 e. The maximum absolute atomic E-state index is 12.8. The molecule has 0 bridgehead atoms. The summed E-state index contributed by atoms with van der Waals surface area (Å²) in [6, 6.07) is 6.07. The molecule has 2 aromatic rings. The highest BCUT2D eigenvalue weighted by Gasteiger charge is 2.18. The number of nitrogens with zero attached hydrogens (tertiary/aromatic N) is 2. The van der Waals surface area contributed by atoms with Crippen molar-refractivity contribution in [2.24, 2.45) is 0 Å². The first-order chi connectivity index (χ1) is 9.65. The normalized spacial score (nSPS) is 10.6. The van der Waals surface area contributed by atoms with Gasteiger partial charge in [-0.1, -0.05) is 0 Å². The minimum Gasteiger partial charge on any atom is -0.493 e. The Bertz CT molecular complexity index is 574. The Morgan fingerprint density at radius 2 is 2.10 bits per heavy atom. The Hall–Kier alpha value is -1.82. The number of aromatic nitrogens is 2. The van der Waals surface area contributed by atoms with Crippen LogP contribution in [0.25, 0.3) is 0 Å². The van der Waals surface area contributed by atoms with Crippen molar-refractivity contribution in [1.29, 1.82) is 0 Å². The molecule has 0 fully saturated rings. The van der Waals surface area contributed by atoms with Crippen molar-refractivity contribution in [3.63, 3.8) is 0 Å². The van der Waals surface area contributed by atoms with Crippen molar-refractivity contribution in [2.45, 2.75) is 18.4 Å². The van der Waals surface area contributed by atoms with E-state index >= 15 is 0 Å². The number of carbonyl (C=O) groups excluding carboxylic acids is 1. The van der Waals surface area contributed by atoms with Crippen LogP contribution in [0.4, 0.5) is 4.39 Å². The lowest BCUT2D eigenvalue weighted by Gasteiger charge is -2.06. The standard InChI is InChI=1S/C14H15FN2O2S/c1-3-17-14(13(19-2)8-16-17)12(18)9-20-11-6-4-10(15)5-7-11/h4-8H,3,9H2,1-2H3. The number of halogens is 1. The van der Waals surface area contributed by atoms with Gasteiger partial charge in [0.2, 0.25) is 0 Å². The van der Waals surface area contributed by atoms with Crippen LogP contribution in [0.1, 0.15) is 17.4 Å². The van der Waals surface area contributed by atoms with Gasteiger partial charge in [0.15, 0.2) is 11.5 Å². The molecular formula is C14H15FN2O2S. The summed E-state index contributed by atoms with van der Waals surface area (Å²) in [6.45, 7) is 2.52. The molecule has 0 amide bonds. The molecule has 1 aromatic heterocycles. The molecule has 0 atom stereocenters. The van der Waals surface area contributed by atoms with E-state index in [-0.39, 0.29) is 17.4 Å².